The van der Waals surface area contributed by atoms with Gasteiger partial charge in [-0.3, -0.25) is 4.79 Å². The monoisotopic (exact) mass is 476 g/mol. The van der Waals surface area contributed by atoms with Gasteiger partial charge in [-0.25, -0.2) is 22.8 Å². The predicted molar refractivity (Wildman–Crippen MR) is 112 cm³/mol. The highest BCUT2D eigenvalue weighted by Crippen LogP contribution is 2.26. The second-order valence-corrected chi connectivity index (χ2v) is 9.36. The summed E-state index contributed by atoms with van der Waals surface area (Å²) >= 11 is 1.25. The molecule has 2 amide bonds. The summed E-state index contributed by atoms with van der Waals surface area (Å²) < 4.78 is 51.3. The Morgan fingerprint density at radius 1 is 1.19 bits per heavy atom. The van der Waals surface area contributed by atoms with Crippen LogP contribution < -0.4 is 5.32 Å². The number of carbonyl (C=O) groups is 3. The SMILES string of the molecule is CCOC(=O)[C@H]1SCCN1C(=O)C[C@@H](Cc1cc(F)c(F)cc1F)NC(=O)OC(C)(C)C. The smallest absolute Gasteiger partial charge is 0.407 e. The van der Waals surface area contributed by atoms with Gasteiger partial charge in [0.15, 0.2) is 17.0 Å². The number of esters is 1. The van der Waals surface area contributed by atoms with Crippen molar-refractivity contribution in [1.82, 2.24) is 10.2 Å². The topological polar surface area (TPSA) is 84.9 Å². The summed E-state index contributed by atoms with van der Waals surface area (Å²) in [6, 6.07) is 0.0990. The molecular formula is C21H27F3N2O5S. The molecular weight excluding hydrogens is 449 g/mol. The molecule has 32 heavy (non-hydrogen) atoms. The minimum absolute atomic E-state index is 0.163. The number of benzene rings is 1. The maximum absolute atomic E-state index is 14.2. The fraction of sp³-hybridized carbons (Fsp3) is 0.571. The van der Waals surface area contributed by atoms with Crippen LogP contribution in [-0.2, 0) is 25.5 Å². The molecule has 1 fully saturated rings. The summed E-state index contributed by atoms with van der Waals surface area (Å²) in [7, 11) is 0. The molecule has 178 valence electrons. The Morgan fingerprint density at radius 2 is 1.84 bits per heavy atom. The summed E-state index contributed by atoms with van der Waals surface area (Å²) in [6.45, 7) is 7.05. The summed E-state index contributed by atoms with van der Waals surface area (Å²) in [5, 5.41) is 1.68. The van der Waals surface area contributed by atoms with E-state index in [9.17, 15) is 27.6 Å². The van der Waals surface area contributed by atoms with E-state index in [-0.39, 0.29) is 25.0 Å². The van der Waals surface area contributed by atoms with Gasteiger partial charge in [0.2, 0.25) is 5.91 Å². The zero-order valence-corrected chi connectivity index (χ0v) is 19.2. The van der Waals surface area contributed by atoms with E-state index in [1.54, 1.807) is 27.7 Å². The predicted octanol–water partition coefficient (Wildman–Crippen LogP) is 3.39. The molecule has 1 aliphatic heterocycles. The Labute approximate surface area is 189 Å². The lowest BCUT2D eigenvalue weighted by Crippen LogP contribution is -2.46. The number of halogens is 3. The van der Waals surface area contributed by atoms with Gasteiger partial charge in [0.25, 0.3) is 0 Å². The molecule has 0 aromatic heterocycles. The van der Waals surface area contributed by atoms with Gasteiger partial charge >= 0.3 is 12.1 Å². The van der Waals surface area contributed by atoms with Crippen LogP contribution in [0.15, 0.2) is 12.1 Å². The maximum Gasteiger partial charge on any atom is 0.407 e. The lowest BCUT2D eigenvalue weighted by atomic mass is 10.0. The van der Waals surface area contributed by atoms with E-state index in [1.165, 1.54) is 16.7 Å². The molecule has 2 atom stereocenters. The number of carbonyl (C=O) groups excluding carboxylic acids is 3. The third kappa shape index (κ3) is 7.32. The molecule has 1 aromatic carbocycles. The highest BCUT2D eigenvalue weighted by atomic mass is 32.2. The standard InChI is InChI=1S/C21H27F3N2O5S/c1-5-30-19(28)18-26(6-7-32-18)17(27)10-13(25-20(29)31-21(2,3)4)8-12-9-15(23)16(24)11-14(12)22/h9,11,13,18H,5-8,10H2,1-4H3,(H,25,29)/t13-,18-/m1/s1. The van der Waals surface area contributed by atoms with Crippen molar-refractivity contribution in [3.63, 3.8) is 0 Å². The van der Waals surface area contributed by atoms with Crippen LogP contribution in [0.4, 0.5) is 18.0 Å². The normalized spacial score (nSPS) is 17.1. The lowest BCUT2D eigenvalue weighted by molar-refractivity contribution is -0.150. The number of ether oxygens (including phenoxy) is 2. The average Bonchev–Trinajstić information content (AvgIpc) is 3.14. The molecule has 1 N–H and O–H groups in total. The fourth-order valence-corrected chi connectivity index (χ4v) is 4.23. The zero-order chi connectivity index (χ0) is 24.1. The number of hydrogen-bond acceptors (Lipinski definition) is 6. The Balaban J connectivity index is 2.20. The number of rotatable bonds is 7. The fourth-order valence-electron chi connectivity index (χ4n) is 3.10. The van der Waals surface area contributed by atoms with E-state index in [1.807, 2.05) is 0 Å². The van der Waals surface area contributed by atoms with E-state index >= 15 is 0 Å². The van der Waals surface area contributed by atoms with Crippen molar-refractivity contribution in [3.8, 4) is 0 Å². The Kier molecular flexibility index (Phi) is 8.82. The zero-order valence-electron chi connectivity index (χ0n) is 18.4. The highest BCUT2D eigenvalue weighted by Gasteiger charge is 2.37. The van der Waals surface area contributed by atoms with Crippen molar-refractivity contribution in [3.05, 3.63) is 35.1 Å². The lowest BCUT2D eigenvalue weighted by Gasteiger charge is -2.27. The Morgan fingerprint density at radius 3 is 2.47 bits per heavy atom. The van der Waals surface area contributed by atoms with Crippen LogP contribution in [0.3, 0.4) is 0 Å². The molecule has 1 heterocycles. The first-order valence-corrected chi connectivity index (χ1v) is 11.2. The van der Waals surface area contributed by atoms with Gasteiger partial charge in [0.1, 0.15) is 11.4 Å². The molecule has 0 bridgehead atoms. The van der Waals surface area contributed by atoms with Crippen LogP contribution in [0.2, 0.25) is 0 Å². The molecule has 0 radical (unpaired) electrons. The van der Waals surface area contributed by atoms with Crippen molar-refractivity contribution in [1.29, 1.82) is 0 Å². The first-order chi connectivity index (χ1) is 14.9. The van der Waals surface area contributed by atoms with Crippen LogP contribution in [0.25, 0.3) is 0 Å². The van der Waals surface area contributed by atoms with Crippen LogP contribution in [0.1, 0.15) is 39.7 Å². The molecule has 0 spiro atoms. The molecule has 0 saturated carbocycles. The van der Waals surface area contributed by atoms with Gasteiger partial charge in [-0.1, -0.05) is 0 Å². The van der Waals surface area contributed by atoms with Crippen LogP contribution in [-0.4, -0.2) is 58.8 Å². The summed E-state index contributed by atoms with van der Waals surface area (Å²) in [5.41, 5.74) is -1.04. The molecule has 11 heteroatoms. The average molecular weight is 477 g/mol. The number of hydrogen-bond donors (Lipinski definition) is 1. The number of amides is 2. The Bertz CT molecular complexity index is 863. The third-order valence-electron chi connectivity index (χ3n) is 4.40. The van der Waals surface area contributed by atoms with Crippen LogP contribution in [0.5, 0.6) is 0 Å². The summed E-state index contributed by atoms with van der Waals surface area (Å²) in [4.78, 5) is 38.6. The van der Waals surface area contributed by atoms with Gasteiger partial charge in [0, 0.05) is 30.8 Å². The highest BCUT2D eigenvalue weighted by molar-refractivity contribution is 8.00. The largest absolute Gasteiger partial charge is 0.464 e. The van der Waals surface area contributed by atoms with Gasteiger partial charge in [0.05, 0.1) is 6.61 Å². The molecule has 0 unspecified atom stereocenters. The maximum atomic E-state index is 14.2. The van der Waals surface area contributed by atoms with Gasteiger partial charge in [-0.15, -0.1) is 11.8 Å². The quantitative estimate of drug-likeness (QED) is 0.480. The number of nitrogens with zero attached hydrogens (tertiary/aromatic N) is 1. The third-order valence-corrected chi connectivity index (χ3v) is 5.58. The first-order valence-electron chi connectivity index (χ1n) is 10.1. The van der Waals surface area contributed by atoms with Crippen molar-refractivity contribution in [2.45, 2.75) is 57.6 Å². The first kappa shape index (κ1) is 25.8. The van der Waals surface area contributed by atoms with Crippen molar-refractivity contribution >= 4 is 29.7 Å². The summed E-state index contributed by atoms with van der Waals surface area (Å²) in [6.07, 6.45) is -1.45. The van der Waals surface area contributed by atoms with Crippen molar-refractivity contribution in [2.24, 2.45) is 0 Å². The van der Waals surface area contributed by atoms with E-state index in [0.717, 1.165) is 0 Å². The second-order valence-electron chi connectivity index (χ2n) is 8.17. The molecule has 1 aromatic rings. The summed E-state index contributed by atoms with van der Waals surface area (Å²) in [5.74, 6) is -4.10. The molecule has 2 rings (SSSR count). The van der Waals surface area contributed by atoms with Crippen molar-refractivity contribution in [2.75, 3.05) is 18.9 Å². The van der Waals surface area contributed by atoms with Gasteiger partial charge in [-0.2, -0.15) is 0 Å². The minimum Gasteiger partial charge on any atom is -0.464 e. The second kappa shape index (κ2) is 10.9. The Hall–Kier alpha value is -2.43. The molecule has 7 nitrogen and oxygen atoms in total. The van der Waals surface area contributed by atoms with E-state index in [0.29, 0.717) is 24.4 Å². The minimum atomic E-state index is -1.34. The molecule has 1 saturated heterocycles. The van der Waals surface area contributed by atoms with Crippen LogP contribution in [0, 0.1) is 17.5 Å². The number of nitrogens with one attached hydrogen (secondary N) is 1. The molecule has 1 aliphatic rings. The van der Waals surface area contributed by atoms with Crippen LogP contribution >= 0.6 is 11.8 Å². The van der Waals surface area contributed by atoms with Crippen molar-refractivity contribution < 1.29 is 37.0 Å². The van der Waals surface area contributed by atoms with Gasteiger partial charge in [-0.05, 0) is 45.7 Å². The number of thioether (sulfide) groups is 1. The number of alkyl carbamates (subject to hydrolysis) is 1. The molecule has 0 aliphatic carbocycles. The van der Waals surface area contributed by atoms with Gasteiger partial charge < -0.3 is 19.7 Å². The van der Waals surface area contributed by atoms with E-state index in [2.05, 4.69) is 5.32 Å². The van der Waals surface area contributed by atoms with E-state index in [4.69, 9.17) is 9.47 Å². The van der Waals surface area contributed by atoms with E-state index < -0.39 is 52.4 Å².